The SMILES string of the molecule is C#CCCC(NC(=O)[C@@H]1C2C(CN1C(=O)[C@@H](NC(=O)NC1(CS(=O)(=O)C(C)(C)C)CCCCC1)C1(C)CCCCC1)C2(C)C)C(=O)C(=O)NCC=C. The molecule has 0 aromatic rings. The number of fused-ring (bicyclic) bond motifs is 1. The van der Waals surface area contributed by atoms with Gasteiger partial charge in [0, 0.05) is 19.5 Å². The minimum absolute atomic E-state index is 0.0321. The van der Waals surface area contributed by atoms with Gasteiger partial charge in [-0.1, -0.05) is 65.4 Å². The Kier molecular flexibility index (Phi) is 12.7. The number of ketones is 1. The van der Waals surface area contributed by atoms with Crippen molar-refractivity contribution in [3.63, 3.8) is 0 Å². The lowest BCUT2D eigenvalue weighted by atomic mass is 9.70. The summed E-state index contributed by atoms with van der Waals surface area (Å²) in [6, 6.07) is -3.68. The minimum atomic E-state index is -3.58. The van der Waals surface area contributed by atoms with Crippen LogP contribution < -0.4 is 21.3 Å². The summed E-state index contributed by atoms with van der Waals surface area (Å²) >= 11 is 0. The van der Waals surface area contributed by atoms with Crippen LogP contribution in [0.1, 0.15) is 119 Å². The second-order valence-corrected chi connectivity index (χ2v) is 20.3. The summed E-state index contributed by atoms with van der Waals surface area (Å²) in [5.74, 6) is -0.485. The molecule has 4 fully saturated rings. The normalized spacial score (nSPS) is 25.6. The number of rotatable bonds is 14. The van der Waals surface area contributed by atoms with Crippen LogP contribution in [0.4, 0.5) is 4.79 Å². The van der Waals surface area contributed by atoms with Crippen LogP contribution in [0, 0.1) is 35.0 Å². The maximum atomic E-state index is 14.9. The summed E-state index contributed by atoms with van der Waals surface area (Å²) in [4.78, 5) is 70.4. The van der Waals surface area contributed by atoms with Gasteiger partial charge < -0.3 is 26.2 Å². The Hall–Kier alpha value is -3.40. The van der Waals surface area contributed by atoms with Gasteiger partial charge in [0.15, 0.2) is 9.84 Å². The van der Waals surface area contributed by atoms with E-state index < -0.39 is 67.3 Å². The van der Waals surface area contributed by atoms with E-state index in [2.05, 4.69) is 47.6 Å². The van der Waals surface area contributed by atoms with Crippen LogP contribution >= 0.6 is 0 Å². The van der Waals surface area contributed by atoms with E-state index >= 15 is 0 Å². The highest BCUT2D eigenvalue weighted by Gasteiger charge is 2.70. The number of likely N-dealkylation sites (tertiary alicyclic amines) is 1. The van der Waals surface area contributed by atoms with Gasteiger partial charge in [0.2, 0.25) is 17.6 Å². The second kappa shape index (κ2) is 15.9. The number of sulfone groups is 1. The molecular weight excluding hydrogens is 683 g/mol. The van der Waals surface area contributed by atoms with E-state index in [-0.39, 0.29) is 48.3 Å². The van der Waals surface area contributed by atoms with Crippen molar-refractivity contribution in [2.24, 2.45) is 22.7 Å². The third kappa shape index (κ3) is 8.86. The molecule has 0 radical (unpaired) electrons. The maximum Gasteiger partial charge on any atom is 0.315 e. The molecule has 4 rings (SSSR count). The zero-order chi connectivity index (χ0) is 38.7. The van der Waals surface area contributed by atoms with Crippen molar-refractivity contribution in [1.82, 2.24) is 26.2 Å². The monoisotopic (exact) mass is 743 g/mol. The van der Waals surface area contributed by atoms with E-state index in [9.17, 15) is 32.4 Å². The van der Waals surface area contributed by atoms with Crippen molar-refractivity contribution in [2.45, 2.75) is 147 Å². The number of hydrogen-bond donors (Lipinski definition) is 4. The van der Waals surface area contributed by atoms with Gasteiger partial charge in [-0.2, -0.15) is 0 Å². The molecule has 13 heteroatoms. The molecule has 1 saturated heterocycles. The topological polar surface area (TPSA) is 171 Å². The largest absolute Gasteiger partial charge is 0.346 e. The number of hydrogen-bond acceptors (Lipinski definition) is 7. The van der Waals surface area contributed by atoms with Crippen molar-refractivity contribution in [1.29, 1.82) is 0 Å². The maximum absolute atomic E-state index is 14.9. The summed E-state index contributed by atoms with van der Waals surface area (Å²) < 4.78 is 25.9. The fourth-order valence-corrected chi connectivity index (χ4v) is 10.4. The molecule has 1 heterocycles. The predicted octanol–water partition coefficient (Wildman–Crippen LogP) is 3.79. The quantitative estimate of drug-likeness (QED) is 0.119. The number of carbonyl (C=O) groups is 5. The lowest BCUT2D eigenvalue weighted by Crippen LogP contribution is -2.65. The Balaban J connectivity index is 1.62. The first-order valence-electron chi connectivity index (χ1n) is 19.0. The molecule has 4 aliphatic rings. The van der Waals surface area contributed by atoms with E-state index in [1.807, 2.05) is 6.92 Å². The van der Waals surface area contributed by atoms with E-state index in [1.54, 1.807) is 25.7 Å². The van der Waals surface area contributed by atoms with Crippen LogP contribution in [0.15, 0.2) is 12.7 Å². The first-order chi connectivity index (χ1) is 24.2. The molecule has 290 valence electrons. The molecule has 4 N–H and O–H groups in total. The smallest absolute Gasteiger partial charge is 0.315 e. The molecule has 3 aliphatic carbocycles. The standard InChI is InChI=1S/C39H61N5O7S/c1-9-11-18-27(30(45)33(47)40-23-10-2)41-32(46)29-28-26(37(28,6)7)24-44(29)34(48)31(38(8)19-14-12-15-20-38)42-35(49)43-39(21-16-13-17-22-39)25-52(50,51)36(3,4)5/h1,10,26-29,31H,2,11-25H2,3-8H3,(H,40,47)(H,41,46)(H2,42,43,49)/t26?,27?,28?,29-,31+/m0/s1. The molecule has 5 atom stereocenters. The molecule has 1 aliphatic heterocycles. The van der Waals surface area contributed by atoms with Gasteiger partial charge >= 0.3 is 6.03 Å². The Morgan fingerprint density at radius 1 is 0.962 bits per heavy atom. The average Bonchev–Trinajstić information content (AvgIpc) is 3.37. The first kappa shape index (κ1) is 41.4. The Morgan fingerprint density at radius 2 is 1.56 bits per heavy atom. The summed E-state index contributed by atoms with van der Waals surface area (Å²) in [5.41, 5.74) is -1.81. The molecular formula is C39H61N5O7S. The number of nitrogens with one attached hydrogen (secondary N) is 4. The van der Waals surface area contributed by atoms with E-state index in [0.29, 0.717) is 32.2 Å². The van der Waals surface area contributed by atoms with Gasteiger partial charge in [0.05, 0.1) is 22.1 Å². The van der Waals surface area contributed by atoms with Crippen LogP contribution in [0.25, 0.3) is 0 Å². The van der Waals surface area contributed by atoms with Crippen molar-refractivity contribution in [3.8, 4) is 12.3 Å². The van der Waals surface area contributed by atoms with Crippen LogP contribution in [0.3, 0.4) is 0 Å². The molecule has 0 spiro atoms. The summed E-state index contributed by atoms with van der Waals surface area (Å²) in [6.45, 7) is 15.0. The molecule has 5 amide bonds. The van der Waals surface area contributed by atoms with E-state index in [1.165, 1.54) is 6.08 Å². The van der Waals surface area contributed by atoms with Crippen molar-refractivity contribution >= 4 is 39.4 Å². The van der Waals surface area contributed by atoms with Crippen molar-refractivity contribution in [3.05, 3.63) is 12.7 Å². The summed E-state index contributed by atoms with van der Waals surface area (Å²) in [7, 11) is -3.58. The molecule has 3 saturated carbocycles. The fraction of sp³-hybridized carbons (Fsp3) is 0.769. The van der Waals surface area contributed by atoms with E-state index in [4.69, 9.17) is 6.42 Å². The molecule has 52 heavy (non-hydrogen) atoms. The molecule has 0 aromatic carbocycles. The minimum Gasteiger partial charge on any atom is -0.346 e. The predicted molar refractivity (Wildman–Crippen MR) is 200 cm³/mol. The lowest BCUT2D eigenvalue weighted by molar-refractivity contribution is -0.146. The number of Topliss-reactive ketones (excluding diaryl/α,β-unsaturated/α-hetero) is 1. The van der Waals surface area contributed by atoms with Crippen LogP contribution in [-0.4, -0.2) is 90.1 Å². The zero-order valence-electron chi connectivity index (χ0n) is 32.1. The lowest BCUT2D eigenvalue weighted by Gasteiger charge is -2.44. The van der Waals surface area contributed by atoms with Gasteiger partial charge in [-0.25, -0.2) is 13.2 Å². The van der Waals surface area contributed by atoms with Crippen molar-refractivity contribution in [2.75, 3.05) is 18.8 Å². The summed E-state index contributed by atoms with van der Waals surface area (Å²) in [5, 5.41) is 11.3. The highest BCUT2D eigenvalue weighted by atomic mass is 32.2. The summed E-state index contributed by atoms with van der Waals surface area (Å²) in [6.07, 6.45) is 14.8. The van der Waals surface area contributed by atoms with Crippen LogP contribution in [-0.2, 0) is 29.0 Å². The average molecular weight is 744 g/mol. The van der Waals surface area contributed by atoms with Gasteiger partial charge in [-0.3, -0.25) is 19.2 Å². The fourth-order valence-electron chi connectivity index (χ4n) is 8.85. The number of carbonyl (C=O) groups excluding carboxylic acids is 5. The Bertz CT molecular complexity index is 1550. The van der Waals surface area contributed by atoms with Gasteiger partial charge in [-0.05, 0) is 75.5 Å². The highest BCUT2D eigenvalue weighted by molar-refractivity contribution is 7.92. The highest BCUT2D eigenvalue weighted by Crippen LogP contribution is 2.65. The van der Waals surface area contributed by atoms with Gasteiger partial charge in [-0.15, -0.1) is 18.9 Å². The number of piperidine rings is 1. The number of nitrogens with zero attached hydrogens (tertiary/aromatic N) is 1. The Morgan fingerprint density at radius 3 is 2.12 bits per heavy atom. The third-order valence-electron chi connectivity index (χ3n) is 12.4. The van der Waals surface area contributed by atoms with E-state index in [0.717, 1.165) is 38.5 Å². The molecule has 0 aromatic heterocycles. The van der Waals surface area contributed by atoms with Gasteiger partial charge in [0.25, 0.3) is 5.91 Å². The number of amides is 5. The molecule has 0 bridgehead atoms. The number of urea groups is 1. The van der Waals surface area contributed by atoms with Crippen LogP contribution in [0.2, 0.25) is 0 Å². The zero-order valence-corrected chi connectivity index (χ0v) is 32.9. The third-order valence-corrected chi connectivity index (χ3v) is 15.2. The second-order valence-electron chi connectivity index (χ2n) is 17.5. The first-order valence-corrected chi connectivity index (χ1v) is 20.7. The molecule has 3 unspecified atom stereocenters. The van der Waals surface area contributed by atoms with Crippen LogP contribution in [0.5, 0.6) is 0 Å². The number of terminal acetylenes is 1. The Labute approximate surface area is 310 Å². The van der Waals surface area contributed by atoms with Gasteiger partial charge in [0.1, 0.15) is 12.1 Å². The van der Waals surface area contributed by atoms with Crippen molar-refractivity contribution < 1.29 is 32.4 Å². The molecule has 12 nitrogen and oxygen atoms in total.